The van der Waals surface area contributed by atoms with Crippen molar-refractivity contribution in [3.05, 3.63) is 71.9 Å². The first-order valence-electron chi connectivity index (χ1n) is 8.89. The highest BCUT2D eigenvalue weighted by Gasteiger charge is 2.28. The van der Waals surface area contributed by atoms with Gasteiger partial charge in [0, 0.05) is 24.7 Å². The van der Waals surface area contributed by atoms with Crippen LogP contribution in [0.3, 0.4) is 0 Å². The van der Waals surface area contributed by atoms with Crippen LogP contribution in [0.15, 0.2) is 49.2 Å². The molecule has 11 heteroatoms. The molecular formula is C19H20Cl2F2N6O. The molecule has 0 aliphatic carbocycles. The van der Waals surface area contributed by atoms with Crippen LogP contribution in [0, 0.1) is 11.6 Å². The lowest BCUT2D eigenvalue weighted by molar-refractivity contribution is 0.0924. The summed E-state index contributed by atoms with van der Waals surface area (Å²) in [4.78, 5) is 20.7. The summed E-state index contributed by atoms with van der Waals surface area (Å²) in [6.07, 6.45) is 5.09. The lowest BCUT2D eigenvalue weighted by atomic mass is 9.86. The minimum atomic E-state index is -0.881. The van der Waals surface area contributed by atoms with E-state index in [9.17, 15) is 13.6 Å². The van der Waals surface area contributed by atoms with Crippen molar-refractivity contribution >= 4 is 30.7 Å². The summed E-state index contributed by atoms with van der Waals surface area (Å²) in [5.74, 6) is -1.60. The van der Waals surface area contributed by atoms with E-state index >= 15 is 0 Å². The summed E-state index contributed by atoms with van der Waals surface area (Å²) in [5.41, 5.74) is 1.07. The number of rotatable bonds is 4. The van der Waals surface area contributed by atoms with Gasteiger partial charge in [-0.3, -0.25) is 4.79 Å². The summed E-state index contributed by atoms with van der Waals surface area (Å²) in [6, 6.07) is 6.98. The summed E-state index contributed by atoms with van der Waals surface area (Å²) in [5, 5.41) is 10.2. The van der Waals surface area contributed by atoms with Gasteiger partial charge in [0.05, 0.1) is 5.56 Å². The molecule has 7 nitrogen and oxygen atoms in total. The number of nitrogens with zero attached hydrogens (tertiary/aromatic N) is 4. The van der Waals surface area contributed by atoms with Crippen molar-refractivity contribution in [1.29, 1.82) is 0 Å². The smallest absolute Gasteiger partial charge is 0.253 e. The number of benzene rings is 1. The molecular weight excluding hydrogens is 437 g/mol. The van der Waals surface area contributed by atoms with Gasteiger partial charge in [-0.15, -0.1) is 24.8 Å². The van der Waals surface area contributed by atoms with Gasteiger partial charge in [-0.2, -0.15) is 5.10 Å². The zero-order valence-electron chi connectivity index (χ0n) is 15.7. The van der Waals surface area contributed by atoms with E-state index < -0.39 is 11.6 Å². The van der Waals surface area contributed by atoms with Crippen LogP contribution in [-0.4, -0.2) is 44.8 Å². The highest BCUT2D eigenvalue weighted by atomic mass is 35.5. The summed E-state index contributed by atoms with van der Waals surface area (Å²) in [7, 11) is 0. The summed E-state index contributed by atoms with van der Waals surface area (Å²) >= 11 is 0. The Morgan fingerprint density at radius 3 is 2.67 bits per heavy atom. The lowest BCUT2D eigenvalue weighted by Crippen LogP contribution is -2.50. The number of amides is 1. The molecule has 160 valence electrons. The third-order valence-electron chi connectivity index (χ3n) is 4.83. The van der Waals surface area contributed by atoms with E-state index in [1.807, 2.05) is 0 Å². The number of halogens is 4. The standard InChI is InChI=1S/C19H18F2N6O.2ClH/c20-15-3-1-12(7-16(15)21)14-5-6-22-9-17(14)26-19(28)13-2-4-18(24-8-13)27-11-23-10-25-27;;/h1-4,7-8,10-11,14,17,22H,5-6,9H2,(H,26,28);2*1H. The Morgan fingerprint density at radius 2 is 2.00 bits per heavy atom. The monoisotopic (exact) mass is 456 g/mol. The maximum atomic E-state index is 13.6. The Morgan fingerprint density at radius 1 is 1.17 bits per heavy atom. The van der Waals surface area contributed by atoms with E-state index in [0.29, 0.717) is 29.9 Å². The molecule has 1 amide bonds. The molecule has 0 bridgehead atoms. The van der Waals surface area contributed by atoms with Gasteiger partial charge in [0.1, 0.15) is 12.7 Å². The topological polar surface area (TPSA) is 84.7 Å². The number of piperidine rings is 1. The molecule has 30 heavy (non-hydrogen) atoms. The van der Waals surface area contributed by atoms with Crippen molar-refractivity contribution in [3.63, 3.8) is 0 Å². The molecule has 0 spiro atoms. The molecule has 3 aromatic rings. The van der Waals surface area contributed by atoms with Crippen molar-refractivity contribution in [1.82, 2.24) is 30.4 Å². The molecule has 1 aliphatic rings. The number of carbonyl (C=O) groups excluding carboxylic acids is 1. The fraction of sp³-hybridized carbons (Fsp3) is 0.263. The third kappa shape index (κ3) is 5.10. The Balaban J connectivity index is 0.00000160. The van der Waals surface area contributed by atoms with Gasteiger partial charge in [-0.1, -0.05) is 6.07 Å². The fourth-order valence-electron chi connectivity index (χ4n) is 3.39. The molecule has 3 heterocycles. The van der Waals surface area contributed by atoms with Gasteiger partial charge in [-0.25, -0.2) is 23.4 Å². The van der Waals surface area contributed by atoms with Gasteiger partial charge in [0.25, 0.3) is 5.91 Å². The van der Waals surface area contributed by atoms with Crippen LogP contribution in [0.2, 0.25) is 0 Å². The molecule has 1 saturated heterocycles. The van der Waals surface area contributed by atoms with Gasteiger partial charge in [0.2, 0.25) is 0 Å². The van der Waals surface area contributed by atoms with Gasteiger partial charge >= 0.3 is 0 Å². The second-order valence-electron chi connectivity index (χ2n) is 6.60. The first-order valence-corrected chi connectivity index (χ1v) is 8.89. The van der Waals surface area contributed by atoms with Crippen molar-refractivity contribution in [2.75, 3.05) is 13.1 Å². The normalized spacial score (nSPS) is 18.1. The molecule has 1 aliphatic heterocycles. The van der Waals surface area contributed by atoms with Gasteiger partial charge < -0.3 is 10.6 Å². The average molecular weight is 457 g/mol. The molecule has 0 radical (unpaired) electrons. The molecule has 1 fully saturated rings. The maximum Gasteiger partial charge on any atom is 0.253 e. The highest BCUT2D eigenvalue weighted by molar-refractivity contribution is 5.94. The molecule has 2 aromatic heterocycles. The molecule has 2 atom stereocenters. The number of carbonyl (C=O) groups is 1. The molecule has 2 unspecified atom stereocenters. The van der Waals surface area contributed by atoms with Crippen molar-refractivity contribution in [3.8, 4) is 5.82 Å². The first-order chi connectivity index (χ1) is 13.6. The number of hydrogen-bond donors (Lipinski definition) is 2. The van der Waals surface area contributed by atoms with Crippen LogP contribution in [0.4, 0.5) is 8.78 Å². The Kier molecular flexibility index (Phi) is 8.22. The van der Waals surface area contributed by atoms with E-state index in [4.69, 9.17) is 0 Å². The minimum Gasteiger partial charge on any atom is -0.347 e. The highest BCUT2D eigenvalue weighted by Crippen LogP contribution is 2.27. The predicted octanol–water partition coefficient (Wildman–Crippen LogP) is 2.66. The number of pyridine rings is 1. The van der Waals surface area contributed by atoms with Crippen LogP contribution in [0.1, 0.15) is 28.3 Å². The molecule has 2 N–H and O–H groups in total. The fourth-order valence-corrected chi connectivity index (χ4v) is 3.39. The zero-order chi connectivity index (χ0) is 19.5. The van der Waals surface area contributed by atoms with Crippen molar-refractivity contribution in [2.24, 2.45) is 0 Å². The average Bonchev–Trinajstić information content (AvgIpc) is 3.25. The van der Waals surface area contributed by atoms with E-state index in [1.54, 1.807) is 18.2 Å². The number of nitrogens with one attached hydrogen (secondary N) is 2. The van der Waals surface area contributed by atoms with Crippen LogP contribution >= 0.6 is 24.8 Å². The van der Waals surface area contributed by atoms with Crippen molar-refractivity contribution in [2.45, 2.75) is 18.4 Å². The second-order valence-corrected chi connectivity index (χ2v) is 6.60. The van der Waals surface area contributed by atoms with Crippen LogP contribution < -0.4 is 10.6 Å². The molecule has 4 rings (SSSR count). The SMILES string of the molecule is Cl.Cl.O=C(NC1CNCCC1c1ccc(F)c(F)c1)c1ccc(-n2cncn2)nc1. The zero-order valence-corrected chi connectivity index (χ0v) is 17.3. The van der Waals surface area contributed by atoms with E-state index in [-0.39, 0.29) is 42.7 Å². The van der Waals surface area contributed by atoms with Gasteiger partial charge in [0.15, 0.2) is 17.5 Å². The number of hydrogen-bond acceptors (Lipinski definition) is 5. The predicted molar refractivity (Wildman–Crippen MR) is 111 cm³/mol. The Labute approximate surface area is 184 Å². The lowest BCUT2D eigenvalue weighted by Gasteiger charge is -2.33. The van der Waals surface area contributed by atoms with E-state index in [1.165, 1.54) is 29.6 Å². The quantitative estimate of drug-likeness (QED) is 0.630. The summed E-state index contributed by atoms with van der Waals surface area (Å²) < 4.78 is 28.4. The van der Waals surface area contributed by atoms with Crippen LogP contribution in [0.25, 0.3) is 5.82 Å². The maximum absolute atomic E-state index is 13.6. The Bertz CT molecular complexity index is 972. The first kappa shape index (κ1) is 23.7. The molecule has 1 aromatic carbocycles. The largest absolute Gasteiger partial charge is 0.347 e. The third-order valence-corrected chi connectivity index (χ3v) is 4.83. The number of aromatic nitrogens is 4. The van der Waals surface area contributed by atoms with E-state index in [0.717, 1.165) is 12.6 Å². The minimum absolute atomic E-state index is 0. The van der Waals surface area contributed by atoms with Crippen LogP contribution in [-0.2, 0) is 0 Å². The Hall–Kier alpha value is -2.62. The molecule has 0 saturated carbocycles. The van der Waals surface area contributed by atoms with Gasteiger partial charge in [-0.05, 0) is 42.8 Å². The summed E-state index contributed by atoms with van der Waals surface area (Å²) in [6.45, 7) is 1.28. The second kappa shape index (κ2) is 10.4. The van der Waals surface area contributed by atoms with Crippen molar-refractivity contribution < 1.29 is 13.6 Å². The van der Waals surface area contributed by atoms with E-state index in [2.05, 4.69) is 25.7 Å². The van der Waals surface area contributed by atoms with Crippen LogP contribution in [0.5, 0.6) is 0 Å².